The van der Waals surface area contributed by atoms with Crippen molar-refractivity contribution in [2.24, 2.45) is 0 Å². The van der Waals surface area contributed by atoms with Crippen molar-refractivity contribution in [3.63, 3.8) is 0 Å². The van der Waals surface area contributed by atoms with Crippen LogP contribution in [0.3, 0.4) is 0 Å². The van der Waals surface area contributed by atoms with Gasteiger partial charge in [-0.25, -0.2) is 13.1 Å². The highest BCUT2D eigenvalue weighted by Crippen LogP contribution is 2.15. The minimum absolute atomic E-state index is 0.262. The van der Waals surface area contributed by atoms with Crippen molar-refractivity contribution >= 4 is 41.9 Å². The fourth-order valence-electron chi connectivity index (χ4n) is 1.62. The highest BCUT2D eigenvalue weighted by Gasteiger charge is 2.13. The van der Waals surface area contributed by atoms with Crippen molar-refractivity contribution < 1.29 is 8.42 Å². The maximum atomic E-state index is 12.1. The van der Waals surface area contributed by atoms with Crippen LogP contribution < -0.4 is 4.72 Å². The second-order valence-electron chi connectivity index (χ2n) is 4.23. The van der Waals surface area contributed by atoms with E-state index in [4.69, 9.17) is 0 Å². The van der Waals surface area contributed by atoms with E-state index in [1.165, 1.54) is 0 Å². The molecule has 0 heterocycles. The summed E-state index contributed by atoms with van der Waals surface area (Å²) in [4.78, 5) is 0.262. The van der Waals surface area contributed by atoms with Crippen LogP contribution in [0.25, 0.3) is 0 Å². The molecule has 0 aliphatic rings. The maximum Gasteiger partial charge on any atom is 0.240 e. The van der Waals surface area contributed by atoms with Gasteiger partial charge >= 0.3 is 0 Å². The number of alkyl halides is 1. The second kappa shape index (κ2) is 6.85. The molecule has 0 saturated carbocycles. The van der Waals surface area contributed by atoms with Crippen LogP contribution in [0.1, 0.15) is 11.1 Å². The van der Waals surface area contributed by atoms with E-state index in [0.29, 0.717) is 0 Å². The highest BCUT2D eigenvalue weighted by molar-refractivity contribution is 9.10. The lowest BCUT2D eigenvalue weighted by Crippen LogP contribution is -2.23. The number of nitrogens with one attached hydrogen (secondary N) is 1. The van der Waals surface area contributed by atoms with Crippen molar-refractivity contribution in [3.05, 3.63) is 64.1 Å². The Morgan fingerprint density at radius 3 is 2.00 bits per heavy atom. The third kappa shape index (κ3) is 4.15. The summed E-state index contributed by atoms with van der Waals surface area (Å²) in [6, 6.07) is 14.3. The predicted octanol–water partition coefficient (Wildman–Crippen LogP) is 3.82. The summed E-state index contributed by atoms with van der Waals surface area (Å²) in [5.41, 5.74) is 2.08. The molecule has 0 amide bonds. The Kier molecular flexibility index (Phi) is 5.37. The lowest BCUT2D eigenvalue weighted by Gasteiger charge is -2.07. The Balaban J connectivity index is 2.06. The van der Waals surface area contributed by atoms with Gasteiger partial charge in [0.05, 0.1) is 4.90 Å². The van der Waals surface area contributed by atoms with Crippen LogP contribution in [0, 0.1) is 0 Å². The zero-order valence-corrected chi connectivity index (χ0v) is 14.5. The van der Waals surface area contributed by atoms with Crippen LogP contribution >= 0.6 is 31.9 Å². The fraction of sp³-hybridized carbons (Fsp3) is 0.143. The first-order valence-electron chi connectivity index (χ1n) is 5.90. The second-order valence-corrected chi connectivity index (χ2v) is 7.47. The Morgan fingerprint density at radius 2 is 1.45 bits per heavy atom. The van der Waals surface area contributed by atoms with E-state index >= 15 is 0 Å². The molecule has 0 fully saturated rings. The summed E-state index contributed by atoms with van der Waals surface area (Å²) in [5, 5.41) is 0.790. The Morgan fingerprint density at radius 1 is 0.900 bits per heavy atom. The molecule has 0 aromatic heterocycles. The zero-order valence-electron chi connectivity index (χ0n) is 10.5. The number of hydrogen-bond acceptors (Lipinski definition) is 2. The van der Waals surface area contributed by atoms with Crippen molar-refractivity contribution in [1.29, 1.82) is 0 Å². The minimum Gasteiger partial charge on any atom is -0.207 e. The maximum absolute atomic E-state index is 12.1. The monoisotopic (exact) mass is 417 g/mol. The smallest absolute Gasteiger partial charge is 0.207 e. The van der Waals surface area contributed by atoms with Gasteiger partial charge in [0.25, 0.3) is 0 Å². The first-order chi connectivity index (χ1) is 9.51. The molecule has 0 radical (unpaired) electrons. The summed E-state index contributed by atoms with van der Waals surface area (Å²) in [5.74, 6) is 0. The van der Waals surface area contributed by atoms with Crippen LogP contribution in [0.5, 0.6) is 0 Å². The molecule has 2 aromatic carbocycles. The van der Waals surface area contributed by atoms with Crippen LogP contribution in [0.4, 0.5) is 0 Å². The summed E-state index contributed by atoms with van der Waals surface area (Å²) in [6.07, 6.45) is 0. The normalized spacial score (nSPS) is 11.5. The van der Waals surface area contributed by atoms with Gasteiger partial charge in [0.15, 0.2) is 0 Å². The largest absolute Gasteiger partial charge is 0.240 e. The molecule has 0 aliphatic carbocycles. The van der Waals surface area contributed by atoms with Gasteiger partial charge < -0.3 is 0 Å². The average molecular weight is 419 g/mol. The van der Waals surface area contributed by atoms with Gasteiger partial charge in [-0.2, -0.15) is 0 Å². The zero-order chi connectivity index (χ0) is 14.6. The molecular formula is C14H13Br2NO2S. The van der Waals surface area contributed by atoms with E-state index < -0.39 is 10.0 Å². The van der Waals surface area contributed by atoms with E-state index in [-0.39, 0.29) is 11.4 Å². The van der Waals surface area contributed by atoms with E-state index in [2.05, 4.69) is 36.6 Å². The molecule has 2 aromatic rings. The third-order valence-electron chi connectivity index (χ3n) is 2.77. The number of hydrogen-bond donors (Lipinski definition) is 1. The SMILES string of the molecule is O=S(=O)(NCc1ccc(CBr)cc1)c1ccc(Br)cc1. The van der Waals surface area contributed by atoms with E-state index in [9.17, 15) is 8.42 Å². The van der Waals surface area contributed by atoms with E-state index in [1.807, 2.05) is 24.3 Å². The first-order valence-corrected chi connectivity index (χ1v) is 9.30. The molecule has 2 rings (SSSR count). The Bertz CT molecular complexity index is 667. The number of sulfonamides is 1. The number of rotatable bonds is 5. The molecule has 0 unspecified atom stereocenters. The molecule has 0 spiro atoms. The molecule has 20 heavy (non-hydrogen) atoms. The van der Waals surface area contributed by atoms with Gasteiger partial charge in [0.1, 0.15) is 0 Å². The van der Waals surface area contributed by atoms with E-state index in [0.717, 1.165) is 20.9 Å². The molecule has 1 N–H and O–H groups in total. The molecule has 0 saturated heterocycles. The van der Waals surface area contributed by atoms with Crippen molar-refractivity contribution in [2.45, 2.75) is 16.8 Å². The predicted molar refractivity (Wildman–Crippen MR) is 87.2 cm³/mol. The Hall–Kier alpha value is -0.690. The summed E-state index contributed by atoms with van der Waals surface area (Å²) in [6.45, 7) is 0.279. The third-order valence-corrected chi connectivity index (χ3v) is 5.36. The van der Waals surface area contributed by atoms with Crippen molar-refractivity contribution in [3.8, 4) is 0 Å². The standard InChI is InChI=1S/C14H13Br2NO2S/c15-9-11-1-3-12(4-2-11)10-17-20(18,19)14-7-5-13(16)6-8-14/h1-8,17H,9-10H2. The van der Waals surface area contributed by atoms with Crippen molar-refractivity contribution in [1.82, 2.24) is 4.72 Å². The lowest BCUT2D eigenvalue weighted by atomic mass is 10.2. The van der Waals surface area contributed by atoms with E-state index in [1.54, 1.807) is 24.3 Å². The summed E-state index contributed by atoms with van der Waals surface area (Å²) in [7, 11) is -3.47. The van der Waals surface area contributed by atoms with Crippen LogP contribution in [0.15, 0.2) is 57.9 Å². The van der Waals surface area contributed by atoms with Crippen LogP contribution in [-0.4, -0.2) is 8.42 Å². The van der Waals surface area contributed by atoms with Crippen molar-refractivity contribution in [2.75, 3.05) is 0 Å². The molecular weight excluding hydrogens is 406 g/mol. The molecule has 106 valence electrons. The van der Waals surface area contributed by atoms with Crippen LogP contribution in [-0.2, 0) is 21.9 Å². The van der Waals surface area contributed by atoms with Gasteiger partial charge in [0, 0.05) is 16.3 Å². The summed E-state index contributed by atoms with van der Waals surface area (Å²) >= 11 is 6.66. The average Bonchev–Trinajstić information content (AvgIpc) is 2.46. The first kappa shape index (κ1) is 15.7. The van der Waals surface area contributed by atoms with Gasteiger partial charge in [-0.15, -0.1) is 0 Å². The topological polar surface area (TPSA) is 46.2 Å². The lowest BCUT2D eigenvalue weighted by molar-refractivity contribution is 0.581. The van der Waals surface area contributed by atoms with Gasteiger partial charge in [0.2, 0.25) is 10.0 Å². The quantitative estimate of drug-likeness (QED) is 0.750. The molecule has 0 bridgehead atoms. The summed E-state index contributed by atoms with van der Waals surface area (Å²) < 4.78 is 27.7. The number of benzene rings is 2. The Labute approximate surface area is 135 Å². The van der Waals surface area contributed by atoms with Gasteiger partial charge in [-0.3, -0.25) is 0 Å². The number of halogens is 2. The fourth-order valence-corrected chi connectivity index (χ4v) is 3.28. The van der Waals surface area contributed by atoms with Gasteiger partial charge in [-0.05, 0) is 35.4 Å². The molecule has 0 aliphatic heterocycles. The van der Waals surface area contributed by atoms with Gasteiger partial charge in [-0.1, -0.05) is 56.1 Å². The molecule has 0 atom stereocenters. The highest BCUT2D eigenvalue weighted by atomic mass is 79.9. The molecule has 6 heteroatoms. The minimum atomic E-state index is -3.47. The van der Waals surface area contributed by atoms with Crippen LogP contribution in [0.2, 0.25) is 0 Å². The molecule has 3 nitrogen and oxygen atoms in total.